The van der Waals surface area contributed by atoms with Crippen molar-refractivity contribution in [1.29, 1.82) is 0 Å². The van der Waals surface area contributed by atoms with Crippen LogP contribution in [0.3, 0.4) is 0 Å². The molecule has 0 aliphatic rings. The SMILES string of the molecule is CC(C)(C)NC(=O)CSc1nnc(Cc2ccccc2)n1-c1ccc(Cl)cc1. The van der Waals surface area contributed by atoms with Gasteiger partial charge < -0.3 is 5.32 Å². The minimum absolute atomic E-state index is 0.0345. The Morgan fingerprint density at radius 2 is 1.75 bits per heavy atom. The van der Waals surface area contributed by atoms with E-state index in [1.165, 1.54) is 11.8 Å². The van der Waals surface area contributed by atoms with Gasteiger partial charge in [-0.2, -0.15) is 0 Å². The number of nitrogens with one attached hydrogen (secondary N) is 1. The lowest BCUT2D eigenvalue weighted by atomic mass is 10.1. The maximum absolute atomic E-state index is 12.2. The van der Waals surface area contributed by atoms with Crippen LogP contribution in [-0.2, 0) is 11.2 Å². The molecule has 0 bridgehead atoms. The Balaban J connectivity index is 1.87. The molecular weight excluding hydrogens is 392 g/mol. The Bertz CT molecular complexity index is 933. The lowest BCUT2D eigenvalue weighted by molar-refractivity contribution is -0.119. The van der Waals surface area contributed by atoms with E-state index in [0.717, 1.165) is 17.1 Å². The first-order valence-electron chi connectivity index (χ1n) is 9.00. The molecule has 2 aromatic carbocycles. The van der Waals surface area contributed by atoms with Gasteiger partial charge in [-0.25, -0.2) is 0 Å². The Morgan fingerprint density at radius 1 is 1.07 bits per heavy atom. The summed E-state index contributed by atoms with van der Waals surface area (Å²) in [6, 6.07) is 17.7. The molecule has 5 nitrogen and oxygen atoms in total. The molecule has 0 saturated carbocycles. The molecule has 1 N–H and O–H groups in total. The maximum Gasteiger partial charge on any atom is 0.230 e. The van der Waals surface area contributed by atoms with Crippen molar-refractivity contribution in [3.05, 3.63) is 71.0 Å². The number of hydrogen-bond donors (Lipinski definition) is 1. The predicted octanol–water partition coefficient (Wildman–Crippen LogP) is 4.52. The van der Waals surface area contributed by atoms with Crippen molar-refractivity contribution in [2.24, 2.45) is 0 Å². The number of benzene rings is 2. The second-order valence-corrected chi connectivity index (χ2v) is 8.84. The van der Waals surface area contributed by atoms with Gasteiger partial charge in [-0.3, -0.25) is 9.36 Å². The lowest BCUT2D eigenvalue weighted by Gasteiger charge is -2.20. The van der Waals surface area contributed by atoms with Gasteiger partial charge in [0.1, 0.15) is 5.82 Å². The topological polar surface area (TPSA) is 59.8 Å². The summed E-state index contributed by atoms with van der Waals surface area (Å²) in [5, 5.41) is 13.0. The maximum atomic E-state index is 12.2. The molecule has 1 heterocycles. The molecule has 0 aliphatic carbocycles. The Kier molecular flexibility index (Phi) is 6.42. The number of halogens is 1. The van der Waals surface area contributed by atoms with E-state index in [0.29, 0.717) is 16.6 Å². The molecule has 1 amide bonds. The number of carbonyl (C=O) groups is 1. The van der Waals surface area contributed by atoms with Gasteiger partial charge in [0.25, 0.3) is 0 Å². The Labute approximate surface area is 174 Å². The van der Waals surface area contributed by atoms with Gasteiger partial charge >= 0.3 is 0 Å². The first kappa shape index (κ1) is 20.4. The van der Waals surface area contributed by atoms with Crippen molar-refractivity contribution in [1.82, 2.24) is 20.1 Å². The van der Waals surface area contributed by atoms with Crippen LogP contribution >= 0.6 is 23.4 Å². The third kappa shape index (κ3) is 5.59. The Morgan fingerprint density at radius 3 is 2.39 bits per heavy atom. The molecule has 0 unspecified atom stereocenters. The van der Waals surface area contributed by atoms with E-state index in [-0.39, 0.29) is 17.2 Å². The normalized spacial score (nSPS) is 11.4. The number of nitrogens with zero attached hydrogens (tertiary/aromatic N) is 3. The highest BCUT2D eigenvalue weighted by Crippen LogP contribution is 2.24. The molecule has 0 fully saturated rings. The molecule has 7 heteroatoms. The highest BCUT2D eigenvalue weighted by atomic mass is 35.5. The van der Waals surface area contributed by atoms with Crippen LogP contribution in [0.2, 0.25) is 5.02 Å². The summed E-state index contributed by atoms with van der Waals surface area (Å²) in [4.78, 5) is 12.2. The zero-order valence-electron chi connectivity index (χ0n) is 16.1. The van der Waals surface area contributed by atoms with Crippen LogP contribution in [0.1, 0.15) is 32.2 Å². The van der Waals surface area contributed by atoms with Crippen LogP contribution in [-0.4, -0.2) is 32.0 Å². The van der Waals surface area contributed by atoms with Crippen molar-refractivity contribution < 1.29 is 4.79 Å². The van der Waals surface area contributed by atoms with Crippen molar-refractivity contribution >= 4 is 29.3 Å². The number of rotatable bonds is 6. The monoisotopic (exact) mass is 414 g/mol. The fourth-order valence-electron chi connectivity index (χ4n) is 2.72. The second-order valence-electron chi connectivity index (χ2n) is 7.46. The van der Waals surface area contributed by atoms with Crippen molar-refractivity contribution in [2.75, 3.05) is 5.75 Å². The molecule has 0 radical (unpaired) electrons. The average molecular weight is 415 g/mol. The summed E-state index contributed by atoms with van der Waals surface area (Å²) in [7, 11) is 0. The number of amides is 1. The van der Waals surface area contributed by atoms with E-state index in [2.05, 4.69) is 27.6 Å². The molecule has 0 aliphatic heterocycles. The highest BCUT2D eigenvalue weighted by Gasteiger charge is 2.18. The van der Waals surface area contributed by atoms with Crippen LogP contribution in [0.15, 0.2) is 59.8 Å². The van der Waals surface area contributed by atoms with Crippen LogP contribution in [0, 0.1) is 0 Å². The van der Waals surface area contributed by atoms with E-state index in [1.807, 2.05) is 67.8 Å². The van der Waals surface area contributed by atoms with E-state index in [9.17, 15) is 4.79 Å². The molecule has 0 spiro atoms. The molecule has 146 valence electrons. The van der Waals surface area contributed by atoms with Crippen molar-refractivity contribution in [2.45, 2.75) is 37.9 Å². The van der Waals surface area contributed by atoms with Crippen molar-refractivity contribution in [3.63, 3.8) is 0 Å². The molecule has 3 rings (SSSR count). The first-order chi connectivity index (χ1) is 13.3. The van der Waals surface area contributed by atoms with Crippen LogP contribution < -0.4 is 5.32 Å². The fourth-order valence-corrected chi connectivity index (χ4v) is 3.62. The van der Waals surface area contributed by atoms with Gasteiger partial charge in [0.15, 0.2) is 5.16 Å². The molecule has 0 atom stereocenters. The number of hydrogen-bond acceptors (Lipinski definition) is 4. The fraction of sp³-hybridized carbons (Fsp3) is 0.286. The molecular formula is C21H23ClN4OS. The standard InChI is InChI=1S/C21H23ClN4OS/c1-21(2,3)23-19(27)14-28-20-25-24-18(13-15-7-5-4-6-8-15)26(20)17-11-9-16(22)10-12-17/h4-12H,13-14H2,1-3H3,(H,23,27). The minimum Gasteiger partial charge on any atom is -0.351 e. The smallest absolute Gasteiger partial charge is 0.230 e. The van der Waals surface area contributed by atoms with Gasteiger partial charge in [0.2, 0.25) is 5.91 Å². The largest absolute Gasteiger partial charge is 0.351 e. The van der Waals surface area contributed by atoms with E-state index >= 15 is 0 Å². The average Bonchev–Trinajstić information content (AvgIpc) is 3.03. The van der Waals surface area contributed by atoms with Gasteiger partial charge in [-0.15, -0.1) is 10.2 Å². The van der Waals surface area contributed by atoms with Crippen molar-refractivity contribution in [3.8, 4) is 5.69 Å². The number of aromatic nitrogens is 3. The van der Waals surface area contributed by atoms with Gasteiger partial charge in [-0.1, -0.05) is 53.7 Å². The molecule has 3 aromatic rings. The molecule has 28 heavy (non-hydrogen) atoms. The second kappa shape index (κ2) is 8.80. The zero-order valence-corrected chi connectivity index (χ0v) is 17.7. The number of carbonyl (C=O) groups excluding carboxylic acids is 1. The van der Waals surface area contributed by atoms with Gasteiger partial charge in [0, 0.05) is 22.7 Å². The molecule has 0 saturated heterocycles. The van der Waals surface area contributed by atoms with Crippen LogP contribution in [0.25, 0.3) is 5.69 Å². The van der Waals surface area contributed by atoms with Crippen LogP contribution in [0.5, 0.6) is 0 Å². The molecule has 1 aromatic heterocycles. The zero-order chi connectivity index (χ0) is 20.1. The summed E-state index contributed by atoms with van der Waals surface area (Å²) in [5.41, 5.74) is 1.80. The Hall–Kier alpha value is -2.31. The summed E-state index contributed by atoms with van der Waals surface area (Å²) < 4.78 is 1.98. The van der Waals surface area contributed by atoms with E-state index in [4.69, 9.17) is 11.6 Å². The first-order valence-corrected chi connectivity index (χ1v) is 10.4. The quantitative estimate of drug-likeness (QED) is 0.602. The summed E-state index contributed by atoms with van der Waals surface area (Å²) in [6.45, 7) is 5.89. The van der Waals surface area contributed by atoms with Crippen LogP contribution in [0.4, 0.5) is 0 Å². The summed E-state index contributed by atoms with van der Waals surface area (Å²) >= 11 is 7.42. The van der Waals surface area contributed by atoms with E-state index < -0.39 is 0 Å². The number of thioether (sulfide) groups is 1. The predicted molar refractivity (Wildman–Crippen MR) is 114 cm³/mol. The third-order valence-corrected chi connectivity index (χ3v) is 5.02. The minimum atomic E-state index is -0.264. The lowest BCUT2D eigenvalue weighted by Crippen LogP contribution is -2.41. The van der Waals surface area contributed by atoms with Gasteiger partial charge in [0.05, 0.1) is 5.75 Å². The van der Waals surface area contributed by atoms with Gasteiger partial charge in [-0.05, 0) is 50.6 Å². The highest BCUT2D eigenvalue weighted by molar-refractivity contribution is 7.99. The summed E-state index contributed by atoms with van der Waals surface area (Å²) in [5.74, 6) is 1.05. The summed E-state index contributed by atoms with van der Waals surface area (Å²) in [6.07, 6.45) is 0.644. The van der Waals surface area contributed by atoms with E-state index in [1.54, 1.807) is 0 Å². The third-order valence-electron chi connectivity index (χ3n) is 3.84.